The van der Waals surface area contributed by atoms with E-state index in [2.05, 4.69) is 34.8 Å². The van der Waals surface area contributed by atoms with Crippen LogP contribution in [0.5, 0.6) is 0 Å². The maximum Gasteiger partial charge on any atom is 0.256 e. The summed E-state index contributed by atoms with van der Waals surface area (Å²) in [4.78, 5) is 38.8. The van der Waals surface area contributed by atoms with Crippen LogP contribution in [0.15, 0.2) is 36.8 Å². The Bertz CT molecular complexity index is 1680. The monoisotopic (exact) mass is 676 g/mol. The lowest BCUT2D eigenvalue weighted by Gasteiger charge is -2.54. The van der Waals surface area contributed by atoms with Gasteiger partial charge in [-0.15, -0.1) is 0 Å². The molecule has 8 nitrogen and oxygen atoms in total. The number of aromatic nitrogens is 2. The van der Waals surface area contributed by atoms with Gasteiger partial charge >= 0.3 is 0 Å². The van der Waals surface area contributed by atoms with Gasteiger partial charge in [-0.25, -0.2) is 4.39 Å². The third kappa shape index (κ3) is 6.04. The number of fused-ring (bicyclic) bond motifs is 2. The second-order valence-electron chi connectivity index (χ2n) is 15.8. The predicted octanol–water partition coefficient (Wildman–Crippen LogP) is 5.99. The van der Waals surface area contributed by atoms with Gasteiger partial charge in [-0.3, -0.25) is 24.4 Å². The third-order valence-electron chi connectivity index (χ3n) is 12.0. The van der Waals surface area contributed by atoms with Crippen molar-refractivity contribution in [2.45, 2.75) is 72.0 Å². The van der Waals surface area contributed by atoms with Crippen molar-refractivity contribution in [3.05, 3.63) is 58.8 Å². The number of likely N-dealkylation sites (tertiary alicyclic amines) is 3. The predicted molar refractivity (Wildman–Crippen MR) is 188 cm³/mol. The summed E-state index contributed by atoms with van der Waals surface area (Å²) >= 11 is 6.79. The van der Waals surface area contributed by atoms with Gasteiger partial charge in [-0.1, -0.05) is 25.4 Å². The summed E-state index contributed by atoms with van der Waals surface area (Å²) in [6.07, 6.45) is 8.99. The van der Waals surface area contributed by atoms with Gasteiger partial charge in [0.2, 0.25) is 5.91 Å². The molecule has 4 fully saturated rings. The number of hydrogen-bond donors (Lipinski definition) is 0. The quantitative estimate of drug-likeness (QED) is 0.279. The van der Waals surface area contributed by atoms with Crippen LogP contribution in [0.1, 0.15) is 63.4 Å². The van der Waals surface area contributed by atoms with E-state index in [1.54, 1.807) is 37.3 Å². The second kappa shape index (κ2) is 13.0. The molecule has 3 atom stereocenters. The zero-order valence-electron chi connectivity index (χ0n) is 29.2. The van der Waals surface area contributed by atoms with Crippen LogP contribution in [0.2, 0.25) is 5.02 Å². The molecule has 7 rings (SSSR count). The molecular weight excluding hydrogens is 627 g/mol. The molecule has 3 aromatic rings. The molecule has 0 spiro atoms. The number of pyridine rings is 1. The van der Waals surface area contributed by atoms with E-state index in [0.717, 1.165) is 68.1 Å². The Hall–Kier alpha value is -3.01. The van der Waals surface area contributed by atoms with Crippen molar-refractivity contribution in [3.63, 3.8) is 0 Å². The molecule has 0 N–H and O–H groups in total. The van der Waals surface area contributed by atoms with E-state index in [1.165, 1.54) is 25.0 Å². The van der Waals surface area contributed by atoms with Gasteiger partial charge in [0.25, 0.3) is 5.91 Å². The van der Waals surface area contributed by atoms with Gasteiger partial charge in [0.05, 0.1) is 28.0 Å². The van der Waals surface area contributed by atoms with Crippen molar-refractivity contribution in [2.24, 2.45) is 29.6 Å². The number of benzene rings is 1. The Morgan fingerprint density at radius 1 is 1.02 bits per heavy atom. The van der Waals surface area contributed by atoms with Crippen LogP contribution in [0.3, 0.4) is 0 Å². The van der Waals surface area contributed by atoms with E-state index < -0.39 is 5.82 Å². The molecule has 0 bridgehead atoms. The van der Waals surface area contributed by atoms with E-state index in [1.807, 2.05) is 23.3 Å². The highest BCUT2D eigenvalue weighted by atomic mass is 35.5. The average molecular weight is 677 g/mol. The van der Waals surface area contributed by atoms with E-state index in [9.17, 15) is 14.0 Å². The van der Waals surface area contributed by atoms with Gasteiger partial charge in [-0.2, -0.15) is 0 Å². The Morgan fingerprint density at radius 2 is 1.71 bits per heavy atom. The Kier molecular flexibility index (Phi) is 9.09. The Labute approximate surface area is 289 Å². The summed E-state index contributed by atoms with van der Waals surface area (Å²) < 4.78 is 16.5. The highest BCUT2D eigenvalue weighted by Crippen LogP contribution is 2.44. The minimum atomic E-state index is -0.442. The highest BCUT2D eigenvalue weighted by Gasteiger charge is 2.49. The van der Waals surface area contributed by atoms with E-state index >= 15 is 0 Å². The van der Waals surface area contributed by atoms with Crippen LogP contribution in [-0.4, -0.2) is 105 Å². The van der Waals surface area contributed by atoms with Gasteiger partial charge in [-0.05, 0) is 86.5 Å². The van der Waals surface area contributed by atoms with E-state index in [4.69, 9.17) is 11.6 Å². The Balaban J connectivity index is 1.03. The third-order valence-corrected chi connectivity index (χ3v) is 12.3. The van der Waals surface area contributed by atoms with E-state index in [-0.39, 0.29) is 17.9 Å². The molecular formula is C38H50ClFN6O2. The molecule has 3 aliphatic heterocycles. The number of amides is 2. The van der Waals surface area contributed by atoms with E-state index in [0.29, 0.717) is 52.0 Å². The fraction of sp³-hybridized carbons (Fsp3) is 0.605. The largest absolute Gasteiger partial charge is 0.342 e. The zero-order valence-corrected chi connectivity index (χ0v) is 30.0. The van der Waals surface area contributed by atoms with Crippen LogP contribution in [0.25, 0.3) is 16.6 Å². The molecule has 1 saturated carbocycles. The van der Waals surface area contributed by atoms with Crippen molar-refractivity contribution in [1.29, 1.82) is 0 Å². The molecule has 258 valence electrons. The average Bonchev–Trinajstić information content (AvgIpc) is 3.68. The van der Waals surface area contributed by atoms with Crippen LogP contribution in [-0.2, 0) is 11.2 Å². The molecule has 2 aromatic heterocycles. The zero-order chi connectivity index (χ0) is 34.0. The minimum Gasteiger partial charge on any atom is -0.342 e. The summed E-state index contributed by atoms with van der Waals surface area (Å²) in [5.74, 6) is 2.69. The summed E-state index contributed by atoms with van der Waals surface area (Å²) in [6, 6.07) is 5.67. The van der Waals surface area contributed by atoms with Gasteiger partial charge in [0, 0.05) is 89.1 Å². The van der Waals surface area contributed by atoms with Crippen LogP contribution >= 0.6 is 11.6 Å². The first-order valence-electron chi connectivity index (χ1n) is 17.8. The second-order valence-corrected chi connectivity index (χ2v) is 16.2. The summed E-state index contributed by atoms with van der Waals surface area (Å²) in [5.41, 5.74) is 2.90. The maximum atomic E-state index is 14.5. The molecule has 0 unspecified atom stereocenters. The summed E-state index contributed by atoms with van der Waals surface area (Å²) in [5, 5.41) is 1.54. The normalized spacial score (nSPS) is 25.5. The molecule has 1 aliphatic carbocycles. The first-order chi connectivity index (χ1) is 22.9. The number of halogens is 2. The van der Waals surface area contributed by atoms with Crippen molar-refractivity contribution < 1.29 is 14.0 Å². The molecule has 4 aliphatic rings. The van der Waals surface area contributed by atoms with Gasteiger partial charge in [0.15, 0.2) is 0 Å². The maximum absolute atomic E-state index is 14.5. The molecule has 48 heavy (non-hydrogen) atoms. The van der Waals surface area contributed by atoms with Gasteiger partial charge in [0.1, 0.15) is 5.82 Å². The number of rotatable bonds is 9. The lowest BCUT2D eigenvalue weighted by molar-refractivity contribution is -0.128. The van der Waals surface area contributed by atoms with Crippen LogP contribution < -0.4 is 0 Å². The lowest BCUT2D eigenvalue weighted by Crippen LogP contribution is -2.60. The Morgan fingerprint density at radius 3 is 2.33 bits per heavy atom. The smallest absolute Gasteiger partial charge is 0.256 e. The van der Waals surface area contributed by atoms with Crippen molar-refractivity contribution in [1.82, 2.24) is 29.2 Å². The fourth-order valence-corrected chi connectivity index (χ4v) is 9.51. The highest BCUT2D eigenvalue weighted by molar-refractivity contribution is 6.35. The summed E-state index contributed by atoms with van der Waals surface area (Å²) in [6.45, 7) is 16.7. The molecule has 2 amide bonds. The van der Waals surface area contributed by atoms with Crippen molar-refractivity contribution >= 4 is 34.3 Å². The number of nitrogens with zero attached hydrogens (tertiary/aromatic N) is 6. The first kappa shape index (κ1) is 33.5. The molecule has 0 radical (unpaired) electrons. The molecule has 5 heterocycles. The standard InChI is InChI=1S/C38H50ClFN6O2/c1-22(2)37(26-10-31(11-26)44-19-28-17-43(24(5)47)18-29(28)20-44)45-15-25(16-45)9-27-21-46(35-14-41-13-33(39)36(27)35)34-8-7-30(40)12-32(34)38(48)42(6)23(3)4/h7-8,12-14,21-23,25-26,28-29,31,37H,9-11,15-20H2,1-6H3/t26?,28-,29-,31?,37-/m1/s1. The van der Waals surface area contributed by atoms with Gasteiger partial charge < -0.3 is 14.4 Å². The fourth-order valence-electron chi connectivity index (χ4n) is 9.23. The van der Waals surface area contributed by atoms with Crippen LogP contribution in [0, 0.1) is 35.4 Å². The van der Waals surface area contributed by atoms with Crippen LogP contribution in [0.4, 0.5) is 4.39 Å². The number of carbonyl (C=O) groups excluding carboxylic acids is 2. The van der Waals surface area contributed by atoms with Crippen molar-refractivity contribution in [2.75, 3.05) is 46.3 Å². The summed E-state index contributed by atoms with van der Waals surface area (Å²) in [7, 11) is 1.75. The van der Waals surface area contributed by atoms with Crippen molar-refractivity contribution in [3.8, 4) is 5.69 Å². The lowest BCUT2D eigenvalue weighted by atomic mass is 9.70. The first-order valence-corrected chi connectivity index (χ1v) is 18.2. The molecule has 3 saturated heterocycles. The number of hydrogen-bond acceptors (Lipinski definition) is 5. The number of carbonyl (C=O) groups is 2. The molecule has 1 aromatic carbocycles. The topological polar surface area (TPSA) is 64.9 Å². The minimum absolute atomic E-state index is 0.0243. The molecule has 10 heteroatoms. The SMILES string of the molecule is CC(=O)N1C[C@@H]2CN(C3CC([C@@H](C(C)C)N4CC(Cc5cn(-c6ccc(F)cc6C(=O)N(C)C(C)C)c6cncc(Cl)c56)C4)C3)C[C@H]2C1.